The molecule has 8 nitrogen and oxygen atoms in total. The molecule has 0 unspecified atom stereocenters. The number of hydrogen-bond acceptors (Lipinski definition) is 7. The fourth-order valence-electron chi connectivity index (χ4n) is 5.18. The summed E-state index contributed by atoms with van der Waals surface area (Å²) in [6.45, 7) is 8.30. The highest BCUT2D eigenvalue weighted by Gasteiger charge is 2.23. The minimum atomic E-state index is -4.42. The molecule has 1 N–H and O–H groups in total. The van der Waals surface area contributed by atoms with Crippen LogP contribution in [0.2, 0.25) is 0 Å². The third-order valence-electron chi connectivity index (χ3n) is 7.00. The molecule has 42 heavy (non-hydrogen) atoms. The first-order valence-electron chi connectivity index (χ1n) is 13.5. The van der Waals surface area contributed by atoms with Gasteiger partial charge < -0.3 is 14.0 Å². The lowest BCUT2D eigenvalue weighted by Crippen LogP contribution is -2.21. The number of benzene rings is 2. The molecule has 0 saturated carbocycles. The number of thiophene rings is 1. The maximum absolute atomic E-state index is 13.7. The quantitative estimate of drug-likeness (QED) is 0.184. The first kappa shape index (κ1) is 29.5. The van der Waals surface area contributed by atoms with Gasteiger partial charge in [-0.05, 0) is 74.2 Å². The molecule has 0 aliphatic rings. The second kappa shape index (κ2) is 11.7. The van der Waals surface area contributed by atoms with E-state index in [0.717, 1.165) is 67.4 Å². The number of fused-ring (bicyclic) bond motifs is 1. The van der Waals surface area contributed by atoms with Crippen LogP contribution in [0.3, 0.4) is 0 Å². The predicted octanol–water partition coefficient (Wildman–Crippen LogP) is 6.81. The summed E-state index contributed by atoms with van der Waals surface area (Å²) in [5.74, 6) is 1.21. The summed E-state index contributed by atoms with van der Waals surface area (Å²) in [5.41, 5.74) is 5.66. The zero-order valence-corrected chi connectivity index (χ0v) is 25.7. The fourth-order valence-corrected chi connectivity index (χ4v) is 7.19. The zero-order chi connectivity index (χ0) is 30.2. The summed E-state index contributed by atoms with van der Waals surface area (Å²) in [6, 6.07) is 18.4. The third-order valence-corrected chi connectivity index (χ3v) is 9.41. The lowest BCUT2D eigenvalue weighted by atomic mass is 9.99. The Balaban J connectivity index is 1.65. The molecule has 0 amide bonds. The lowest BCUT2D eigenvalue weighted by molar-refractivity contribution is 0.318. The summed E-state index contributed by atoms with van der Waals surface area (Å²) in [4.78, 5) is 19.1. The van der Waals surface area contributed by atoms with Crippen LogP contribution in [0.15, 0.2) is 69.7 Å². The van der Waals surface area contributed by atoms with Crippen LogP contribution in [-0.4, -0.2) is 36.2 Å². The van der Waals surface area contributed by atoms with Gasteiger partial charge in [0.05, 0.1) is 25.8 Å². The molecular weight excluding hydrogens is 572 g/mol. The molecule has 5 rings (SSSR count). The minimum Gasteiger partial charge on any atom is -0.497 e. The summed E-state index contributed by atoms with van der Waals surface area (Å²) in [5, 5.41) is 0.885. The van der Waals surface area contributed by atoms with Crippen molar-refractivity contribution in [3.63, 3.8) is 0 Å². The Labute approximate surface area is 249 Å². The number of nitrogens with zero attached hydrogens (tertiary/aromatic N) is 2. The number of rotatable bonds is 9. The van der Waals surface area contributed by atoms with Crippen molar-refractivity contribution >= 4 is 32.4 Å². The lowest BCUT2D eigenvalue weighted by Gasteiger charge is -2.18. The molecule has 0 aliphatic heterocycles. The molecule has 0 bridgehead atoms. The van der Waals surface area contributed by atoms with Crippen molar-refractivity contribution in [2.24, 2.45) is 0 Å². The highest BCUT2D eigenvalue weighted by molar-refractivity contribution is 7.88. The van der Waals surface area contributed by atoms with Gasteiger partial charge in [-0.3, -0.25) is 14.3 Å². The van der Waals surface area contributed by atoms with E-state index in [9.17, 15) is 17.8 Å². The van der Waals surface area contributed by atoms with Gasteiger partial charge in [0.15, 0.2) is 4.21 Å². The van der Waals surface area contributed by atoms with Gasteiger partial charge in [-0.2, -0.15) is 8.42 Å². The van der Waals surface area contributed by atoms with Gasteiger partial charge in [0.1, 0.15) is 11.5 Å². The Kier molecular flexibility index (Phi) is 8.23. The van der Waals surface area contributed by atoms with E-state index in [1.54, 1.807) is 36.8 Å². The van der Waals surface area contributed by atoms with Crippen LogP contribution in [0.4, 0.5) is 0 Å². The van der Waals surface area contributed by atoms with Crippen LogP contribution < -0.4 is 15.0 Å². The normalized spacial score (nSPS) is 11.7. The molecular formula is C32H32N2O6S2. The number of methoxy groups -OCH3 is 1. The van der Waals surface area contributed by atoms with E-state index in [4.69, 9.17) is 14.5 Å². The second-order valence-corrected chi connectivity index (χ2v) is 13.0. The highest BCUT2D eigenvalue weighted by atomic mass is 32.3. The van der Waals surface area contributed by atoms with Crippen LogP contribution in [0, 0.1) is 20.8 Å². The first-order chi connectivity index (χ1) is 20.0. The molecule has 3 aromatic heterocycles. The van der Waals surface area contributed by atoms with E-state index in [0.29, 0.717) is 23.5 Å². The molecule has 10 heteroatoms. The van der Waals surface area contributed by atoms with Crippen molar-refractivity contribution in [2.45, 2.75) is 44.9 Å². The Hall–Kier alpha value is -3.99. The van der Waals surface area contributed by atoms with E-state index in [-0.39, 0.29) is 16.3 Å². The number of hydrogen-bond donors (Lipinski definition) is 1. The first-order valence-corrected chi connectivity index (χ1v) is 15.8. The van der Waals surface area contributed by atoms with E-state index >= 15 is 0 Å². The van der Waals surface area contributed by atoms with Crippen LogP contribution >= 0.6 is 11.3 Å². The highest BCUT2D eigenvalue weighted by Crippen LogP contribution is 2.40. The summed E-state index contributed by atoms with van der Waals surface area (Å²) in [7, 11) is -2.81. The van der Waals surface area contributed by atoms with Crippen LogP contribution in [0.5, 0.6) is 11.5 Å². The standard InChI is InChI=1S/C32H32N2O6S2/c1-6-13-40-29-16-22(7-12-25(29)27-15-20(3)41-32(27)42(36,37)38)18-34-28-14-19(2)33-21(4)31(28)26(17-30(34)35)23-8-10-24(39-5)11-9-23/h7-12,14-17H,6,13,18H2,1-5H3,(H,36,37,38). The summed E-state index contributed by atoms with van der Waals surface area (Å²) < 4.78 is 47.1. The summed E-state index contributed by atoms with van der Waals surface area (Å²) in [6.07, 6.45) is 0.750. The van der Waals surface area contributed by atoms with Gasteiger partial charge in [-0.25, -0.2) is 0 Å². The number of aryl methyl sites for hydroxylation is 3. The molecule has 2 aromatic carbocycles. The minimum absolute atomic E-state index is 0.121. The van der Waals surface area contributed by atoms with Crippen molar-refractivity contribution in [3.8, 4) is 33.8 Å². The topological polar surface area (TPSA) is 108 Å². The van der Waals surface area contributed by atoms with Crippen LogP contribution in [0.1, 0.15) is 35.2 Å². The molecule has 218 valence electrons. The van der Waals surface area contributed by atoms with Crippen molar-refractivity contribution in [1.29, 1.82) is 0 Å². The van der Waals surface area contributed by atoms with E-state index < -0.39 is 10.1 Å². The van der Waals surface area contributed by atoms with E-state index in [1.165, 1.54) is 0 Å². The van der Waals surface area contributed by atoms with Crippen molar-refractivity contribution < 1.29 is 22.4 Å². The Morgan fingerprint density at radius 1 is 0.952 bits per heavy atom. The average molecular weight is 605 g/mol. The Morgan fingerprint density at radius 3 is 2.36 bits per heavy atom. The SMILES string of the molecule is CCCOc1cc(Cn2c(=O)cc(-c3ccc(OC)cc3)c3c(C)nc(C)cc32)ccc1-c1cc(C)sc1S(=O)(=O)O. The van der Waals surface area contributed by atoms with Gasteiger partial charge in [-0.1, -0.05) is 31.2 Å². The maximum Gasteiger partial charge on any atom is 0.304 e. The molecule has 0 fully saturated rings. The zero-order valence-electron chi connectivity index (χ0n) is 24.1. The van der Waals surface area contributed by atoms with Crippen LogP contribution in [-0.2, 0) is 16.7 Å². The molecule has 5 aromatic rings. The van der Waals surface area contributed by atoms with Gasteiger partial charge >= 0.3 is 10.1 Å². The number of aromatic nitrogens is 2. The van der Waals surface area contributed by atoms with Gasteiger partial charge in [0, 0.05) is 38.8 Å². The van der Waals surface area contributed by atoms with Gasteiger partial charge in [-0.15, -0.1) is 11.3 Å². The smallest absolute Gasteiger partial charge is 0.304 e. The largest absolute Gasteiger partial charge is 0.497 e. The molecule has 0 spiro atoms. The predicted molar refractivity (Wildman–Crippen MR) is 167 cm³/mol. The van der Waals surface area contributed by atoms with Crippen molar-refractivity contribution in [1.82, 2.24) is 9.55 Å². The van der Waals surface area contributed by atoms with Crippen molar-refractivity contribution in [3.05, 3.63) is 92.8 Å². The number of pyridine rings is 2. The molecule has 3 heterocycles. The van der Waals surface area contributed by atoms with Gasteiger partial charge in [0.2, 0.25) is 0 Å². The average Bonchev–Trinajstić information content (AvgIpc) is 3.35. The Bertz CT molecular complexity index is 1960. The second-order valence-electron chi connectivity index (χ2n) is 10.2. The van der Waals surface area contributed by atoms with E-state index in [2.05, 4.69) is 0 Å². The molecule has 0 saturated heterocycles. The van der Waals surface area contributed by atoms with Crippen molar-refractivity contribution in [2.75, 3.05) is 13.7 Å². The monoisotopic (exact) mass is 604 g/mol. The van der Waals surface area contributed by atoms with Gasteiger partial charge in [0.25, 0.3) is 5.56 Å². The number of ether oxygens (including phenoxy) is 2. The van der Waals surface area contributed by atoms with E-state index in [1.807, 2.05) is 63.2 Å². The molecule has 0 radical (unpaired) electrons. The maximum atomic E-state index is 13.7. The fraction of sp³-hybridized carbons (Fsp3) is 0.250. The Morgan fingerprint density at radius 2 is 1.69 bits per heavy atom. The molecule has 0 aliphatic carbocycles. The molecule has 0 atom stereocenters. The van der Waals surface area contributed by atoms with Crippen LogP contribution in [0.25, 0.3) is 33.2 Å². The summed E-state index contributed by atoms with van der Waals surface area (Å²) >= 11 is 1.01. The third kappa shape index (κ3) is 5.83.